The minimum Gasteiger partial charge on any atom is -0.325 e. The Hall–Kier alpha value is -2.44. The van der Waals surface area contributed by atoms with Gasteiger partial charge in [-0.05, 0) is 74.8 Å². The summed E-state index contributed by atoms with van der Waals surface area (Å²) in [5.74, 6) is 1.40. The highest BCUT2D eigenvalue weighted by atomic mass is 35.5. The smallest absolute Gasteiger partial charge is 0.238 e. The van der Waals surface area contributed by atoms with Crippen molar-refractivity contribution < 1.29 is 4.79 Å². The van der Waals surface area contributed by atoms with E-state index < -0.39 is 0 Å². The van der Waals surface area contributed by atoms with Gasteiger partial charge in [0.05, 0.1) is 6.54 Å². The fourth-order valence-corrected chi connectivity index (χ4v) is 3.70. The molecule has 0 saturated carbocycles. The second-order valence-electron chi connectivity index (χ2n) is 7.10. The van der Waals surface area contributed by atoms with Crippen molar-refractivity contribution in [1.82, 2.24) is 19.5 Å². The lowest BCUT2D eigenvalue weighted by Gasteiger charge is -2.30. The Morgan fingerprint density at radius 1 is 1.19 bits per heavy atom. The van der Waals surface area contributed by atoms with Crippen molar-refractivity contribution in [3.8, 4) is 0 Å². The molecule has 1 aliphatic rings. The van der Waals surface area contributed by atoms with E-state index in [0.29, 0.717) is 17.5 Å². The lowest BCUT2D eigenvalue weighted by atomic mass is 9.96. The third kappa shape index (κ3) is 4.12. The number of rotatable bonds is 4. The van der Waals surface area contributed by atoms with Crippen LogP contribution >= 0.6 is 11.6 Å². The van der Waals surface area contributed by atoms with E-state index >= 15 is 0 Å². The van der Waals surface area contributed by atoms with Crippen molar-refractivity contribution in [1.29, 1.82) is 0 Å². The van der Waals surface area contributed by atoms with E-state index in [0.717, 1.165) is 43.1 Å². The highest BCUT2D eigenvalue weighted by molar-refractivity contribution is 6.30. The number of carbonyl (C=O) groups is 1. The second kappa shape index (κ2) is 7.66. The summed E-state index contributed by atoms with van der Waals surface area (Å²) in [7, 11) is 0. The monoisotopic (exact) mass is 383 g/mol. The number of hydrogen-bond donors (Lipinski definition) is 1. The van der Waals surface area contributed by atoms with Crippen LogP contribution in [0.4, 0.5) is 5.69 Å². The van der Waals surface area contributed by atoms with Crippen LogP contribution in [-0.2, 0) is 4.79 Å². The van der Waals surface area contributed by atoms with Gasteiger partial charge < -0.3 is 5.32 Å². The van der Waals surface area contributed by atoms with Gasteiger partial charge in [0, 0.05) is 22.8 Å². The Labute approximate surface area is 163 Å². The van der Waals surface area contributed by atoms with E-state index in [4.69, 9.17) is 11.6 Å². The number of nitrogens with zero attached hydrogens (tertiary/aromatic N) is 4. The predicted octanol–water partition coefficient (Wildman–Crippen LogP) is 3.51. The fourth-order valence-electron chi connectivity index (χ4n) is 3.58. The second-order valence-corrected chi connectivity index (χ2v) is 7.53. The van der Waals surface area contributed by atoms with E-state index in [1.165, 1.54) is 5.56 Å². The molecule has 140 valence electrons. The molecule has 6 nitrogen and oxygen atoms in total. The number of aryl methyl sites for hydroxylation is 1. The number of hydrogen-bond acceptors (Lipinski definition) is 4. The largest absolute Gasteiger partial charge is 0.325 e. The molecular weight excluding hydrogens is 362 g/mol. The molecule has 7 heteroatoms. The summed E-state index contributed by atoms with van der Waals surface area (Å²) in [6.07, 6.45) is 4.00. The molecule has 27 heavy (non-hydrogen) atoms. The molecule has 1 aromatic carbocycles. The summed E-state index contributed by atoms with van der Waals surface area (Å²) in [5.41, 5.74) is 2.85. The maximum atomic E-state index is 12.3. The molecule has 0 unspecified atom stereocenters. The molecule has 0 aliphatic carbocycles. The highest BCUT2D eigenvalue weighted by Crippen LogP contribution is 2.27. The summed E-state index contributed by atoms with van der Waals surface area (Å²) >= 11 is 5.87. The predicted molar refractivity (Wildman–Crippen MR) is 106 cm³/mol. The van der Waals surface area contributed by atoms with Crippen LogP contribution in [0.25, 0.3) is 5.65 Å². The summed E-state index contributed by atoms with van der Waals surface area (Å²) in [6.45, 7) is 4.20. The molecular formula is C20H22ClN5O. The third-order valence-electron chi connectivity index (χ3n) is 5.04. The van der Waals surface area contributed by atoms with E-state index in [1.54, 1.807) is 12.1 Å². The normalized spacial score (nSPS) is 15.9. The van der Waals surface area contributed by atoms with Crippen molar-refractivity contribution in [2.75, 3.05) is 25.0 Å². The standard InChI is InChI=1S/C20H22ClN5O/c1-14-6-11-26-18(12-14)23-24-20(26)15-7-9-25(10-8-15)13-19(27)22-17-4-2-16(21)3-5-17/h2-6,11-12,15H,7-10,13H2,1H3,(H,22,27). The molecule has 3 aromatic rings. The Morgan fingerprint density at radius 3 is 2.67 bits per heavy atom. The summed E-state index contributed by atoms with van der Waals surface area (Å²) in [6, 6.07) is 11.3. The minimum atomic E-state index is -0.000764. The van der Waals surface area contributed by atoms with Gasteiger partial charge in [0.1, 0.15) is 5.82 Å². The van der Waals surface area contributed by atoms with Gasteiger partial charge in [-0.2, -0.15) is 0 Å². The van der Waals surface area contributed by atoms with Gasteiger partial charge in [-0.3, -0.25) is 14.1 Å². The molecule has 0 radical (unpaired) electrons. The van der Waals surface area contributed by atoms with Gasteiger partial charge in [-0.15, -0.1) is 10.2 Å². The molecule has 0 spiro atoms. The number of amides is 1. The van der Waals surface area contributed by atoms with Crippen molar-refractivity contribution in [3.05, 3.63) is 59.0 Å². The Balaban J connectivity index is 1.33. The van der Waals surface area contributed by atoms with E-state index in [1.807, 2.05) is 24.4 Å². The zero-order chi connectivity index (χ0) is 18.8. The van der Waals surface area contributed by atoms with Crippen LogP contribution in [0.5, 0.6) is 0 Å². The number of carbonyl (C=O) groups excluding carboxylic acids is 1. The molecule has 1 fully saturated rings. The first-order valence-corrected chi connectivity index (χ1v) is 9.55. The Morgan fingerprint density at radius 2 is 1.93 bits per heavy atom. The molecule has 4 rings (SSSR count). The lowest BCUT2D eigenvalue weighted by molar-refractivity contribution is -0.117. The summed E-state index contributed by atoms with van der Waals surface area (Å²) in [4.78, 5) is 14.5. The average molecular weight is 384 g/mol. The molecule has 3 heterocycles. The van der Waals surface area contributed by atoms with Gasteiger partial charge in [0.25, 0.3) is 0 Å². The maximum absolute atomic E-state index is 12.3. The molecule has 1 N–H and O–H groups in total. The van der Waals surface area contributed by atoms with Gasteiger partial charge in [0.2, 0.25) is 5.91 Å². The third-order valence-corrected chi connectivity index (χ3v) is 5.29. The Kier molecular flexibility index (Phi) is 5.09. The van der Waals surface area contributed by atoms with Crippen LogP contribution in [0.15, 0.2) is 42.6 Å². The lowest BCUT2D eigenvalue weighted by Crippen LogP contribution is -2.39. The highest BCUT2D eigenvalue weighted by Gasteiger charge is 2.25. The van der Waals surface area contributed by atoms with E-state index in [-0.39, 0.29) is 5.91 Å². The summed E-state index contributed by atoms with van der Waals surface area (Å²) < 4.78 is 2.08. The summed E-state index contributed by atoms with van der Waals surface area (Å²) in [5, 5.41) is 12.3. The van der Waals surface area contributed by atoms with Gasteiger partial charge >= 0.3 is 0 Å². The molecule has 2 aromatic heterocycles. The van der Waals surface area contributed by atoms with Crippen LogP contribution in [0.1, 0.15) is 30.1 Å². The van der Waals surface area contributed by atoms with Crippen LogP contribution in [0, 0.1) is 6.92 Å². The number of aromatic nitrogens is 3. The number of benzene rings is 1. The van der Waals surface area contributed by atoms with Crippen LogP contribution in [0.3, 0.4) is 0 Å². The van der Waals surface area contributed by atoms with Gasteiger partial charge in [-0.1, -0.05) is 11.6 Å². The van der Waals surface area contributed by atoms with Crippen LogP contribution in [0.2, 0.25) is 5.02 Å². The molecule has 1 saturated heterocycles. The van der Waals surface area contributed by atoms with Gasteiger partial charge in [-0.25, -0.2) is 0 Å². The zero-order valence-electron chi connectivity index (χ0n) is 15.2. The number of halogens is 1. The van der Waals surface area contributed by atoms with Crippen LogP contribution < -0.4 is 5.32 Å². The van der Waals surface area contributed by atoms with Crippen molar-refractivity contribution in [3.63, 3.8) is 0 Å². The fraction of sp³-hybridized carbons (Fsp3) is 0.350. The van der Waals surface area contributed by atoms with E-state index in [9.17, 15) is 4.79 Å². The van der Waals surface area contributed by atoms with E-state index in [2.05, 4.69) is 37.8 Å². The number of piperidine rings is 1. The number of nitrogens with one attached hydrogen (secondary N) is 1. The number of anilines is 1. The average Bonchev–Trinajstić information content (AvgIpc) is 3.07. The first-order chi connectivity index (χ1) is 13.1. The number of likely N-dealkylation sites (tertiary alicyclic amines) is 1. The first-order valence-electron chi connectivity index (χ1n) is 9.17. The zero-order valence-corrected chi connectivity index (χ0v) is 16.0. The Bertz CT molecular complexity index is 945. The maximum Gasteiger partial charge on any atom is 0.238 e. The van der Waals surface area contributed by atoms with Crippen molar-refractivity contribution >= 4 is 28.8 Å². The first kappa shape index (κ1) is 17.9. The molecule has 0 bridgehead atoms. The van der Waals surface area contributed by atoms with Crippen molar-refractivity contribution in [2.24, 2.45) is 0 Å². The molecule has 1 aliphatic heterocycles. The topological polar surface area (TPSA) is 62.5 Å². The quantitative estimate of drug-likeness (QED) is 0.748. The van der Waals surface area contributed by atoms with Gasteiger partial charge in [0.15, 0.2) is 5.65 Å². The molecule has 0 atom stereocenters. The number of pyridine rings is 1. The molecule has 1 amide bonds. The number of fused-ring (bicyclic) bond motifs is 1. The minimum absolute atomic E-state index is 0.000764. The van der Waals surface area contributed by atoms with Crippen LogP contribution in [-0.4, -0.2) is 45.0 Å². The van der Waals surface area contributed by atoms with Crippen molar-refractivity contribution in [2.45, 2.75) is 25.7 Å². The SMILES string of the molecule is Cc1ccn2c(C3CCN(CC(=O)Nc4ccc(Cl)cc4)CC3)nnc2c1.